The Kier molecular flexibility index (Phi) is 2.33. The number of fused-ring (bicyclic) bond motifs is 1. The lowest BCUT2D eigenvalue weighted by Crippen LogP contribution is -2.18. The summed E-state index contributed by atoms with van der Waals surface area (Å²) < 4.78 is 2.32. The molecule has 0 aromatic carbocycles. The van der Waals surface area contributed by atoms with E-state index in [0.29, 0.717) is 5.88 Å². The molecule has 0 bridgehead atoms. The minimum atomic E-state index is 0.551. The third-order valence-corrected chi connectivity index (χ3v) is 3.11. The van der Waals surface area contributed by atoms with Crippen LogP contribution < -0.4 is 0 Å². The van der Waals surface area contributed by atoms with Crippen LogP contribution in [0.5, 0.6) is 0 Å². The van der Waals surface area contributed by atoms with Crippen LogP contribution in [0.4, 0.5) is 0 Å². The van der Waals surface area contributed by atoms with Crippen molar-refractivity contribution < 1.29 is 0 Å². The third kappa shape index (κ3) is 1.48. The molecule has 0 N–H and O–H groups in total. The van der Waals surface area contributed by atoms with E-state index < -0.39 is 0 Å². The number of imidazole rings is 1. The van der Waals surface area contributed by atoms with E-state index in [2.05, 4.69) is 23.4 Å². The van der Waals surface area contributed by atoms with Crippen molar-refractivity contribution in [2.75, 3.05) is 0 Å². The standard InChI is InChI=1S/C10H15ClN2/c1-7-3-4-13-8(2)12-9(6-11)10(13)5-7/h7H,3-6H2,1-2H3. The monoisotopic (exact) mass is 198 g/mol. The summed E-state index contributed by atoms with van der Waals surface area (Å²) in [5.74, 6) is 2.46. The third-order valence-electron chi connectivity index (χ3n) is 2.86. The molecular formula is C10H15ClN2. The lowest BCUT2D eigenvalue weighted by Gasteiger charge is -2.21. The molecule has 0 spiro atoms. The number of halogens is 1. The molecule has 3 heteroatoms. The molecule has 0 saturated carbocycles. The average Bonchev–Trinajstić information content (AvgIpc) is 2.42. The molecule has 0 saturated heterocycles. The van der Waals surface area contributed by atoms with Crippen molar-refractivity contribution in [3.8, 4) is 0 Å². The second kappa shape index (κ2) is 3.33. The van der Waals surface area contributed by atoms with Crippen LogP contribution >= 0.6 is 11.6 Å². The van der Waals surface area contributed by atoms with Crippen LogP contribution in [0.15, 0.2) is 0 Å². The van der Waals surface area contributed by atoms with Gasteiger partial charge in [-0.1, -0.05) is 6.92 Å². The lowest BCUT2D eigenvalue weighted by atomic mass is 9.97. The first-order valence-corrected chi connectivity index (χ1v) is 5.36. The zero-order chi connectivity index (χ0) is 9.42. The van der Waals surface area contributed by atoms with Gasteiger partial charge in [-0.3, -0.25) is 0 Å². The molecule has 0 aliphatic carbocycles. The minimum Gasteiger partial charge on any atom is -0.332 e. The molecule has 1 aromatic rings. The average molecular weight is 199 g/mol. The van der Waals surface area contributed by atoms with E-state index in [9.17, 15) is 0 Å². The zero-order valence-corrected chi connectivity index (χ0v) is 8.93. The Morgan fingerprint density at radius 3 is 3.08 bits per heavy atom. The highest BCUT2D eigenvalue weighted by molar-refractivity contribution is 6.17. The van der Waals surface area contributed by atoms with Crippen molar-refractivity contribution in [3.05, 3.63) is 17.2 Å². The number of aromatic nitrogens is 2. The molecule has 72 valence electrons. The number of hydrogen-bond acceptors (Lipinski definition) is 1. The van der Waals surface area contributed by atoms with Gasteiger partial charge in [0.05, 0.1) is 11.6 Å². The van der Waals surface area contributed by atoms with Gasteiger partial charge in [0.2, 0.25) is 0 Å². The Balaban J connectivity index is 2.43. The highest BCUT2D eigenvalue weighted by Gasteiger charge is 2.20. The summed E-state index contributed by atoms with van der Waals surface area (Å²) in [6.45, 7) is 5.48. The predicted octanol–water partition coefficient (Wildman–Crippen LogP) is 2.51. The maximum atomic E-state index is 5.85. The van der Waals surface area contributed by atoms with E-state index in [1.54, 1.807) is 0 Å². The lowest BCUT2D eigenvalue weighted by molar-refractivity contribution is 0.411. The molecule has 2 heterocycles. The Morgan fingerprint density at radius 1 is 1.62 bits per heavy atom. The first kappa shape index (κ1) is 9.07. The molecule has 1 atom stereocenters. The molecule has 0 amide bonds. The minimum absolute atomic E-state index is 0.551. The van der Waals surface area contributed by atoms with Gasteiger partial charge < -0.3 is 4.57 Å². The van der Waals surface area contributed by atoms with Crippen molar-refractivity contribution in [1.29, 1.82) is 0 Å². The Labute approximate surface area is 83.9 Å². The van der Waals surface area contributed by atoms with Crippen LogP contribution in [0.2, 0.25) is 0 Å². The molecule has 1 aliphatic rings. The van der Waals surface area contributed by atoms with Crippen molar-refractivity contribution in [3.63, 3.8) is 0 Å². The largest absolute Gasteiger partial charge is 0.332 e. The second-order valence-electron chi connectivity index (χ2n) is 3.94. The summed E-state index contributed by atoms with van der Waals surface area (Å²) in [7, 11) is 0. The fourth-order valence-corrected chi connectivity index (χ4v) is 2.30. The van der Waals surface area contributed by atoms with Crippen LogP contribution in [-0.2, 0) is 18.8 Å². The van der Waals surface area contributed by atoms with Gasteiger partial charge in [-0.2, -0.15) is 0 Å². The first-order chi connectivity index (χ1) is 6.22. The highest BCUT2D eigenvalue weighted by atomic mass is 35.5. The summed E-state index contributed by atoms with van der Waals surface area (Å²) in [5.41, 5.74) is 2.46. The van der Waals surface area contributed by atoms with Crippen molar-refractivity contribution in [1.82, 2.24) is 9.55 Å². The summed E-state index contributed by atoms with van der Waals surface area (Å²) in [4.78, 5) is 4.48. The van der Waals surface area contributed by atoms with Crippen LogP contribution in [0.3, 0.4) is 0 Å². The van der Waals surface area contributed by atoms with Gasteiger partial charge in [0.25, 0.3) is 0 Å². The zero-order valence-electron chi connectivity index (χ0n) is 8.18. The van der Waals surface area contributed by atoms with Gasteiger partial charge in [-0.15, -0.1) is 11.6 Å². The van der Waals surface area contributed by atoms with Gasteiger partial charge in [0.15, 0.2) is 0 Å². The number of rotatable bonds is 1. The Bertz CT molecular complexity index is 317. The Morgan fingerprint density at radius 2 is 2.38 bits per heavy atom. The van der Waals surface area contributed by atoms with E-state index in [-0.39, 0.29) is 0 Å². The van der Waals surface area contributed by atoms with E-state index >= 15 is 0 Å². The van der Waals surface area contributed by atoms with Crippen molar-refractivity contribution in [2.24, 2.45) is 5.92 Å². The smallest absolute Gasteiger partial charge is 0.106 e. The maximum absolute atomic E-state index is 5.85. The molecule has 1 unspecified atom stereocenters. The molecule has 1 aromatic heterocycles. The number of aryl methyl sites for hydroxylation is 1. The summed E-state index contributed by atoms with van der Waals surface area (Å²) in [6.07, 6.45) is 2.41. The quantitative estimate of drug-likeness (QED) is 0.635. The van der Waals surface area contributed by atoms with Gasteiger partial charge in [0.1, 0.15) is 5.82 Å². The molecule has 0 fully saturated rings. The van der Waals surface area contributed by atoms with Gasteiger partial charge in [-0.25, -0.2) is 4.98 Å². The maximum Gasteiger partial charge on any atom is 0.106 e. The van der Waals surface area contributed by atoms with Crippen molar-refractivity contribution in [2.45, 2.75) is 39.1 Å². The molecule has 1 aliphatic heterocycles. The first-order valence-electron chi connectivity index (χ1n) is 4.83. The second-order valence-corrected chi connectivity index (χ2v) is 4.20. The van der Waals surface area contributed by atoms with Crippen LogP contribution in [0.25, 0.3) is 0 Å². The van der Waals surface area contributed by atoms with Crippen LogP contribution in [-0.4, -0.2) is 9.55 Å². The molecule has 13 heavy (non-hydrogen) atoms. The van der Waals surface area contributed by atoms with E-state index in [4.69, 9.17) is 11.6 Å². The van der Waals surface area contributed by atoms with E-state index in [1.807, 2.05) is 0 Å². The molecular weight excluding hydrogens is 184 g/mol. The molecule has 0 radical (unpaired) electrons. The van der Waals surface area contributed by atoms with Crippen molar-refractivity contribution >= 4 is 11.6 Å². The molecule has 2 rings (SSSR count). The summed E-state index contributed by atoms with van der Waals surface area (Å²) in [6, 6.07) is 0. The van der Waals surface area contributed by atoms with E-state index in [0.717, 1.165) is 30.4 Å². The SMILES string of the molecule is Cc1nc(CCl)c2n1CCC(C)C2. The Hall–Kier alpha value is -0.500. The number of alkyl halides is 1. The number of nitrogens with zero attached hydrogens (tertiary/aromatic N) is 2. The van der Waals surface area contributed by atoms with Crippen LogP contribution in [0.1, 0.15) is 30.6 Å². The fraction of sp³-hybridized carbons (Fsp3) is 0.700. The number of hydrogen-bond donors (Lipinski definition) is 0. The highest BCUT2D eigenvalue weighted by Crippen LogP contribution is 2.25. The summed E-state index contributed by atoms with van der Waals surface area (Å²) in [5, 5.41) is 0. The fourth-order valence-electron chi connectivity index (χ4n) is 2.08. The predicted molar refractivity (Wildman–Crippen MR) is 54.0 cm³/mol. The molecule has 2 nitrogen and oxygen atoms in total. The normalized spacial score (nSPS) is 21.6. The van der Waals surface area contributed by atoms with E-state index in [1.165, 1.54) is 12.1 Å². The topological polar surface area (TPSA) is 17.8 Å². The van der Waals surface area contributed by atoms with Gasteiger partial charge >= 0.3 is 0 Å². The van der Waals surface area contributed by atoms with Crippen LogP contribution in [0, 0.1) is 12.8 Å². The van der Waals surface area contributed by atoms with Gasteiger partial charge in [-0.05, 0) is 25.7 Å². The summed E-state index contributed by atoms with van der Waals surface area (Å²) >= 11 is 5.85. The van der Waals surface area contributed by atoms with Gasteiger partial charge in [0, 0.05) is 12.2 Å².